The average molecular weight is 358 g/mol. The number of para-hydroxylation sites is 1. The van der Waals surface area contributed by atoms with Gasteiger partial charge >= 0.3 is 0 Å². The van der Waals surface area contributed by atoms with Gasteiger partial charge in [-0.15, -0.1) is 11.3 Å². The van der Waals surface area contributed by atoms with Gasteiger partial charge in [0.1, 0.15) is 11.9 Å². The van der Waals surface area contributed by atoms with Crippen molar-refractivity contribution in [1.82, 2.24) is 10.2 Å². The monoisotopic (exact) mass is 357 g/mol. The molecule has 1 aromatic heterocycles. The average Bonchev–Trinajstić information content (AvgIpc) is 3.19. The van der Waals surface area contributed by atoms with Gasteiger partial charge in [-0.1, -0.05) is 31.2 Å². The summed E-state index contributed by atoms with van der Waals surface area (Å²) in [6, 6.07) is 14.4. The molecule has 1 atom stereocenters. The van der Waals surface area contributed by atoms with Gasteiger partial charge < -0.3 is 15.0 Å². The molecule has 0 spiro atoms. The van der Waals surface area contributed by atoms with Crippen molar-refractivity contribution in [3.05, 3.63) is 52.7 Å². The second kappa shape index (κ2) is 8.90. The van der Waals surface area contributed by atoms with Crippen LogP contribution in [-0.2, 0) is 0 Å². The molecule has 5 heteroatoms. The molecule has 1 aromatic carbocycles. The van der Waals surface area contributed by atoms with Crippen LogP contribution in [-0.4, -0.2) is 43.6 Å². The van der Waals surface area contributed by atoms with Crippen molar-refractivity contribution < 1.29 is 4.74 Å². The highest BCUT2D eigenvalue weighted by molar-refractivity contribution is 7.10. The smallest absolute Gasteiger partial charge is 0.193 e. The third-order valence-electron chi connectivity index (χ3n) is 4.59. The van der Waals surface area contributed by atoms with Crippen molar-refractivity contribution in [2.24, 2.45) is 4.99 Å². The molecule has 1 unspecified atom stereocenters. The van der Waals surface area contributed by atoms with Gasteiger partial charge in [-0.25, -0.2) is 0 Å². The van der Waals surface area contributed by atoms with Crippen LogP contribution in [0.15, 0.2) is 52.8 Å². The van der Waals surface area contributed by atoms with Crippen LogP contribution in [0, 0.1) is 0 Å². The summed E-state index contributed by atoms with van der Waals surface area (Å²) in [6.07, 6.45) is 2.34. The Hall–Kier alpha value is -2.01. The van der Waals surface area contributed by atoms with E-state index in [1.54, 1.807) is 0 Å². The Morgan fingerprint density at radius 2 is 2.00 bits per heavy atom. The predicted octanol–water partition coefficient (Wildman–Crippen LogP) is 3.97. The zero-order chi connectivity index (χ0) is 17.5. The van der Waals surface area contributed by atoms with Crippen molar-refractivity contribution in [2.75, 3.05) is 26.7 Å². The topological polar surface area (TPSA) is 36.9 Å². The van der Waals surface area contributed by atoms with E-state index in [0.29, 0.717) is 12.0 Å². The Kier molecular flexibility index (Phi) is 6.34. The standard InChI is InChI=1S/C20H27N3OS/c1-16(19-9-6-14-25-19)15-22-20(21-2)23-12-10-18(11-13-23)24-17-7-4-3-5-8-17/h3-9,14,16,18H,10-13,15H2,1-2H3,(H,21,22). The van der Waals surface area contributed by atoms with Crippen LogP contribution in [0.25, 0.3) is 0 Å². The van der Waals surface area contributed by atoms with Crippen LogP contribution in [0.4, 0.5) is 0 Å². The number of thiophene rings is 1. The third-order valence-corrected chi connectivity index (χ3v) is 5.70. The van der Waals surface area contributed by atoms with Crippen molar-refractivity contribution in [2.45, 2.75) is 31.8 Å². The molecule has 0 radical (unpaired) electrons. The molecule has 0 amide bonds. The molecule has 4 nitrogen and oxygen atoms in total. The van der Waals surface area contributed by atoms with Crippen LogP contribution in [0.1, 0.15) is 30.6 Å². The first-order valence-electron chi connectivity index (χ1n) is 8.97. The van der Waals surface area contributed by atoms with Crippen LogP contribution in [0.2, 0.25) is 0 Å². The van der Waals surface area contributed by atoms with Gasteiger partial charge in [-0.05, 0) is 23.6 Å². The molecule has 1 fully saturated rings. The zero-order valence-electron chi connectivity index (χ0n) is 15.0. The first-order chi connectivity index (χ1) is 12.3. The van der Waals surface area contributed by atoms with Crippen molar-refractivity contribution in [1.29, 1.82) is 0 Å². The number of piperidine rings is 1. The molecule has 1 saturated heterocycles. The molecule has 1 N–H and O–H groups in total. The lowest BCUT2D eigenvalue weighted by Gasteiger charge is -2.34. The van der Waals surface area contributed by atoms with Gasteiger partial charge in [-0.2, -0.15) is 0 Å². The number of ether oxygens (including phenoxy) is 1. The zero-order valence-corrected chi connectivity index (χ0v) is 15.8. The maximum Gasteiger partial charge on any atom is 0.193 e. The molecule has 25 heavy (non-hydrogen) atoms. The lowest BCUT2D eigenvalue weighted by molar-refractivity contribution is 0.129. The Bertz CT molecular complexity index is 649. The van der Waals surface area contributed by atoms with Gasteiger partial charge in [0.05, 0.1) is 0 Å². The first kappa shape index (κ1) is 17.8. The third kappa shape index (κ3) is 4.98. The lowest BCUT2D eigenvalue weighted by atomic mass is 10.1. The number of likely N-dealkylation sites (tertiary alicyclic amines) is 1. The van der Waals surface area contributed by atoms with E-state index in [2.05, 4.69) is 39.6 Å². The molecule has 1 aliphatic rings. The van der Waals surface area contributed by atoms with E-state index in [1.165, 1.54) is 4.88 Å². The van der Waals surface area contributed by atoms with Crippen LogP contribution in [0.3, 0.4) is 0 Å². The minimum absolute atomic E-state index is 0.293. The Labute approximate surface area is 154 Å². The SMILES string of the molecule is CN=C(NCC(C)c1cccs1)N1CCC(Oc2ccccc2)CC1. The summed E-state index contributed by atoms with van der Waals surface area (Å²) >= 11 is 1.82. The summed E-state index contributed by atoms with van der Waals surface area (Å²) in [5, 5.41) is 5.67. The number of nitrogens with zero attached hydrogens (tertiary/aromatic N) is 2. The molecular formula is C20H27N3OS. The molecule has 1 aliphatic heterocycles. The number of nitrogens with one attached hydrogen (secondary N) is 1. The fourth-order valence-corrected chi connectivity index (χ4v) is 3.91. The quantitative estimate of drug-likeness (QED) is 0.650. The number of rotatable bonds is 5. The molecule has 0 bridgehead atoms. The summed E-state index contributed by atoms with van der Waals surface area (Å²) < 4.78 is 6.08. The number of guanidine groups is 1. The molecule has 0 aliphatic carbocycles. The molecule has 2 aromatic rings. The van der Waals surface area contributed by atoms with Gasteiger partial charge in [-0.3, -0.25) is 4.99 Å². The molecule has 3 rings (SSSR count). The van der Waals surface area contributed by atoms with Gasteiger partial charge in [0.2, 0.25) is 0 Å². The van der Waals surface area contributed by atoms with E-state index in [0.717, 1.165) is 44.2 Å². The normalized spacial score (nSPS) is 17.4. The van der Waals surface area contributed by atoms with Crippen molar-refractivity contribution >= 4 is 17.3 Å². The second-order valence-corrected chi connectivity index (χ2v) is 7.44. The largest absolute Gasteiger partial charge is 0.490 e. The number of hydrogen-bond donors (Lipinski definition) is 1. The minimum atomic E-state index is 0.293. The molecule has 134 valence electrons. The van der Waals surface area contributed by atoms with E-state index >= 15 is 0 Å². The van der Waals surface area contributed by atoms with E-state index < -0.39 is 0 Å². The first-order valence-corrected chi connectivity index (χ1v) is 9.85. The number of aliphatic imine (C=N–C) groups is 1. The van der Waals surface area contributed by atoms with E-state index in [-0.39, 0.29) is 0 Å². The maximum absolute atomic E-state index is 6.08. The highest BCUT2D eigenvalue weighted by Crippen LogP contribution is 2.21. The van der Waals surface area contributed by atoms with Gasteiger partial charge in [0, 0.05) is 50.3 Å². The summed E-state index contributed by atoms with van der Waals surface area (Å²) in [7, 11) is 1.87. The summed E-state index contributed by atoms with van der Waals surface area (Å²) in [5.74, 6) is 2.46. The van der Waals surface area contributed by atoms with E-state index in [1.807, 2.05) is 48.7 Å². The fraction of sp³-hybridized carbons (Fsp3) is 0.450. The van der Waals surface area contributed by atoms with Crippen molar-refractivity contribution in [3.63, 3.8) is 0 Å². The Morgan fingerprint density at radius 1 is 1.24 bits per heavy atom. The molecule has 0 saturated carbocycles. The molecule has 2 heterocycles. The minimum Gasteiger partial charge on any atom is -0.490 e. The highest BCUT2D eigenvalue weighted by atomic mass is 32.1. The lowest BCUT2D eigenvalue weighted by Crippen LogP contribution is -2.48. The molecular weight excluding hydrogens is 330 g/mol. The second-order valence-electron chi connectivity index (χ2n) is 6.46. The number of hydrogen-bond acceptors (Lipinski definition) is 3. The van der Waals surface area contributed by atoms with E-state index in [4.69, 9.17) is 4.74 Å². The van der Waals surface area contributed by atoms with Crippen LogP contribution >= 0.6 is 11.3 Å². The fourth-order valence-electron chi connectivity index (χ4n) is 3.13. The Balaban J connectivity index is 1.45. The summed E-state index contributed by atoms with van der Waals surface area (Å²) in [6.45, 7) is 5.12. The van der Waals surface area contributed by atoms with Crippen LogP contribution < -0.4 is 10.1 Å². The van der Waals surface area contributed by atoms with E-state index in [9.17, 15) is 0 Å². The van der Waals surface area contributed by atoms with Crippen LogP contribution in [0.5, 0.6) is 5.75 Å². The highest BCUT2D eigenvalue weighted by Gasteiger charge is 2.23. The maximum atomic E-state index is 6.08. The number of benzene rings is 1. The summed E-state index contributed by atoms with van der Waals surface area (Å²) in [4.78, 5) is 8.22. The predicted molar refractivity (Wildman–Crippen MR) is 106 cm³/mol. The van der Waals surface area contributed by atoms with Crippen molar-refractivity contribution in [3.8, 4) is 5.75 Å². The van der Waals surface area contributed by atoms with Gasteiger partial charge in [0.15, 0.2) is 5.96 Å². The Morgan fingerprint density at radius 3 is 2.64 bits per heavy atom. The van der Waals surface area contributed by atoms with Gasteiger partial charge in [0.25, 0.3) is 0 Å². The summed E-state index contributed by atoms with van der Waals surface area (Å²) in [5.41, 5.74) is 0.